The van der Waals surface area contributed by atoms with Crippen molar-refractivity contribution >= 4 is 11.6 Å². The minimum absolute atomic E-state index is 0.157. The maximum Gasteiger partial charge on any atom is 0.222 e. The van der Waals surface area contributed by atoms with Gasteiger partial charge in [-0.1, -0.05) is 30.3 Å². The Morgan fingerprint density at radius 3 is 2.53 bits per heavy atom. The molecule has 2 heterocycles. The standard InChI is InChI=1S/C25H33N3O2/c1-19(2)30-22-9-7-20(8-10-22)18-28-15-12-25(13-16-28)17-24(29)26-14-11-21-5-3-4-6-23(21)27-25/h3-10,19,27H,11-18H2,1-2H3,(H,26,29). The predicted octanol–water partition coefficient (Wildman–Crippen LogP) is 3.98. The molecule has 0 unspecified atom stereocenters. The quantitative estimate of drug-likeness (QED) is 0.805. The van der Waals surface area contributed by atoms with Crippen LogP contribution in [-0.2, 0) is 17.8 Å². The maximum absolute atomic E-state index is 12.5. The molecule has 2 aliphatic rings. The first-order valence-corrected chi connectivity index (χ1v) is 11.1. The van der Waals surface area contributed by atoms with Crippen LogP contribution in [0.2, 0.25) is 0 Å². The van der Waals surface area contributed by atoms with Gasteiger partial charge in [-0.25, -0.2) is 0 Å². The summed E-state index contributed by atoms with van der Waals surface area (Å²) in [5.41, 5.74) is 3.59. The maximum atomic E-state index is 12.5. The van der Waals surface area contributed by atoms with Crippen LogP contribution in [0, 0.1) is 0 Å². The molecule has 2 aromatic rings. The zero-order valence-electron chi connectivity index (χ0n) is 18.1. The van der Waals surface area contributed by atoms with E-state index >= 15 is 0 Å². The van der Waals surface area contributed by atoms with Crippen molar-refractivity contribution in [3.63, 3.8) is 0 Å². The van der Waals surface area contributed by atoms with Crippen LogP contribution in [0.3, 0.4) is 0 Å². The minimum Gasteiger partial charge on any atom is -0.491 e. The number of hydrogen-bond donors (Lipinski definition) is 2. The first kappa shape index (κ1) is 20.7. The van der Waals surface area contributed by atoms with E-state index in [9.17, 15) is 4.79 Å². The molecular formula is C25H33N3O2. The number of fused-ring (bicyclic) bond motifs is 1. The first-order valence-electron chi connectivity index (χ1n) is 11.1. The first-order chi connectivity index (χ1) is 14.5. The normalized spacial score (nSPS) is 19.2. The average Bonchev–Trinajstić information content (AvgIpc) is 2.78. The lowest BCUT2D eigenvalue weighted by molar-refractivity contribution is -0.122. The fourth-order valence-corrected chi connectivity index (χ4v) is 4.54. The number of para-hydroxylation sites is 1. The van der Waals surface area contributed by atoms with Crippen LogP contribution >= 0.6 is 0 Å². The highest BCUT2D eigenvalue weighted by molar-refractivity contribution is 5.78. The van der Waals surface area contributed by atoms with Crippen LogP contribution in [0.5, 0.6) is 5.75 Å². The Bertz CT molecular complexity index is 855. The third kappa shape index (κ3) is 5.14. The molecule has 1 spiro atoms. The number of carbonyl (C=O) groups excluding carboxylic acids is 1. The van der Waals surface area contributed by atoms with Crippen molar-refractivity contribution in [1.82, 2.24) is 10.2 Å². The molecule has 1 amide bonds. The van der Waals surface area contributed by atoms with Gasteiger partial charge in [0.05, 0.1) is 6.10 Å². The van der Waals surface area contributed by atoms with E-state index in [1.54, 1.807) is 0 Å². The zero-order valence-corrected chi connectivity index (χ0v) is 18.1. The predicted molar refractivity (Wildman–Crippen MR) is 121 cm³/mol. The summed E-state index contributed by atoms with van der Waals surface area (Å²) in [6, 6.07) is 16.9. The molecule has 0 saturated carbocycles. The average molecular weight is 408 g/mol. The van der Waals surface area contributed by atoms with Gasteiger partial charge in [-0.2, -0.15) is 0 Å². The lowest BCUT2D eigenvalue weighted by atomic mass is 9.83. The number of piperidine rings is 1. The van der Waals surface area contributed by atoms with E-state index in [4.69, 9.17) is 4.74 Å². The van der Waals surface area contributed by atoms with Gasteiger partial charge in [0.2, 0.25) is 5.91 Å². The minimum atomic E-state index is -0.171. The summed E-state index contributed by atoms with van der Waals surface area (Å²) in [5, 5.41) is 6.89. The van der Waals surface area contributed by atoms with E-state index in [-0.39, 0.29) is 17.6 Å². The molecule has 0 radical (unpaired) electrons. The summed E-state index contributed by atoms with van der Waals surface area (Å²) in [7, 11) is 0. The SMILES string of the molecule is CC(C)Oc1ccc(CN2CCC3(CC2)CC(=O)NCCc2ccccc2N3)cc1. The summed E-state index contributed by atoms with van der Waals surface area (Å²) in [6.45, 7) is 7.68. The highest BCUT2D eigenvalue weighted by Gasteiger charge is 2.37. The fourth-order valence-electron chi connectivity index (χ4n) is 4.54. The van der Waals surface area contributed by atoms with Crippen molar-refractivity contribution in [1.29, 1.82) is 0 Å². The van der Waals surface area contributed by atoms with E-state index in [1.807, 2.05) is 13.8 Å². The van der Waals surface area contributed by atoms with Crippen LogP contribution < -0.4 is 15.4 Å². The van der Waals surface area contributed by atoms with Crippen molar-refractivity contribution in [2.45, 2.75) is 57.7 Å². The van der Waals surface area contributed by atoms with Gasteiger partial charge >= 0.3 is 0 Å². The molecule has 0 aromatic heterocycles. The lowest BCUT2D eigenvalue weighted by Crippen LogP contribution is -2.51. The Labute approximate surface area is 179 Å². The third-order valence-electron chi connectivity index (χ3n) is 6.15. The third-order valence-corrected chi connectivity index (χ3v) is 6.15. The number of likely N-dealkylation sites (tertiary alicyclic amines) is 1. The molecule has 160 valence electrons. The van der Waals surface area contributed by atoms with Crippen molar-refractivity contribution in [2.75, 3.05) is 25.0 Å². The largest absolute Gasteiger partial charge is 0.491 e. The molecule has 5 heteroatoms. The second kappa shape index (κ2) is 9.09. The molecule has 1 saturated heterocycles. The number of nitrogens with one attached hydrogen (secondary N) is 2. The molecule has 5 nitrogen and oxygen atoms in total. The van der Waals surface area contributed by atoms with Gasteiger partial charge in [0.1, 0.15) is 5.75 Å². The van der Waals surface area contributed by atoms with Crippen LogP contribution in [0.4, 0.5) is 5.69 Å². The number of ether oxygens (including phenoxy) is 1. The number of benzene rings is 2. The van der Waals surface area contributed by atoms with Crippen LogP contribution in [0.25, 0.3) is 0 Å². The summed E-state index contributed by atoms with van der Waals surface area (Å²) in [6.07, 6.45) is 3.52. The van der Waals surface area contributed by atoms with Crippen molar-refractivity contribution in [3.8, 4) is 5.75 Å². The van der Waals surface area contributed by atoms with Crippen molar-refractivity contribution < 1.29 is 9.53 Å². The van der Waals surface area contributed by atoms with E-state index in [0.29, 0.717) is 13.0 Å². The number of rotatable bonds is 4. The van der Waals surface area contributed by atoms with Gasteiger partial charge in [0.15, 0.2) is 0 Å². The molecule has 0 bridgehead atoms. The van der Waals surface area contributed by atoms with Gasteiger partial charge in [-0.15, -0.1) is 0 Å². The van der Waals surface area contributed by atoms with Crippen LogP contribution in [0.15, 0.2) is 48.5 Å². The highest BCUT2D eigenvalue weighted by atomic mass is 16.5. The van der Waals surface area contributed by atoms with E-state index in [0.717, 1.165) is 44.6 Å². The summed E-state index contributed by atoms with van der Waals surface area (Å²) in [4.78, 5) is 15.0. The topological polar surface area (TPSA) is 53.6 Å². The molecule has 2 aromatic carbocycles. The van der Waals surface area contributed by atoms with Gasteiger partial charge in [0.25, 0.3) is 0 Å². The lowest BCUT2D eigenvalue weighted by Gasteiger charge is -2.43. The molecule has 4 rings (SSSR count). The molecule has 2 N–H and O–H groups in total. The van der Waals surface area contributed by atoms with E-state index in [1.165, 1.54) is 16.8 Å². The monoisotopic (exact) mass is 407 g/mol. The second-order valence-electron chi connectivity index (χ2n) is 8.93. The van der Waals surface area contributed by atoms with Crippen LogP contribution in [0.1, 0.15) is 44.2 Å². The Kier molecular flexibility index (Phi) is 6.28. The summed E-state index contributed by atoms with van der Waals surface area (Å²) >= 11 is 0. The Hall–Kier alpha value is -2.53. The van der Waals surface area contributed by atoms with Gasteiger partial charge in [0, 0.05) is 43.8 Å². The number of hydrogen-bond acceptors (Lipinski definition) is 4. The Balaban J connectivity index is 1.41. The summed E-state index contributed by atoms with van der Waals surface area (Å²) < 4.78 is 5.75. The van der Waals surface area contributed by atoms with Gasteiger partial charge < -0.3 is 15.4 Å². The number of nitrogens with zero attached hydrogens (tertiary/aromatic N) is 1. The van der Waals surface area contributed by atoms with Crippen molar-refractivity contribution in [2.24, 2.45) is 0 Å². The second-order valence-corrected chi connectivity index (χ2v) is 8.93. The number of anilines is 1. The van der Waals surface area contributed by atoms with Crippen LogP contribution in [-0.4, -0.2) is 42.1 Å². The molecule has 30 heavy (non-hydrogen) atoms. The van der Waals surface area contributed by atoms with Gasteiger partial charge in [-0.3, -0.25) is 9.69 Å². The molecule has 0 aliphatic carbocycles. The van der Waals surface area contributed by atoms with Crippen molar-refractivity contribution in [3.05, 3.63) is 59.7 Å². The van der Waals surface area contributed by atoms with E-state index < -0.39 is 0 Å². The number of carbonyl (C=O) groups is 1. The zero-order chi connectivity index (χ0) is 21.0. The Morgan fingerprint density at radius 2 is 1.80 bits per heavy atom. The molecule has 0 atom stereocenters. The Morgan fingerprint density at radius 1 is 1.07 bits per heavy atom. The summed E-state index contributed by atoms with van der Waals surface area (Å²) in [5.74, 6) is 1.08. The highest BCUT2D eigenvalue weighted by Crippen LogP contribution is 2.33. The smallest absolute Gasteiger partial charge is 0.222 e. The molecule has 1 fully saturated rings. The van der Waals surface area contributed by atoms with Gasteiger partial charge in [-0.05, 0) is 62.4 Å². The molecule has 2 aliphatic heterocycles. The number of amides is 1. The van der Waals surface area contributed by atoms with E-state index in [2.05, 4.69) is 64.1 Å². The fraction of sp³-hybridized carbons (Fsp3) is 0.480. The molecular weight excluding hydrogens is 374 g/mol.